The van der Waals surface area contributed by atoms with E-state index in [4.69, 9.17) is 5.73 Å². The molecule has 0 aromatic heterocycles. The van der Waals surface area contributed by atoms with Crippen LogP contribution in [-0.4, -0.2) is 44.8 Å². The molecule has 0 aliphatic carbocycles. The molecule has 1 unspecified atom stereocenters. The fourth-order valence-corrected chi connectivity index (χ4v) is 4.36. The number of carbonyl (C=O) groups is 1. The van der Waals surface area contributed by atoms with Crippen molar-refractivity contribution < 1.29 is 17.6 Å². The zero-order valence-electron chi connectivity index (χ0n) is 13.1. The number of hydrogen-bond acceptors (Lipinski definition) is 4. The molecule has 1 saturated heterocycles. The zero-order valence-corrected chi connectivity index (χ0v) is 13.9. The highest BCUT2D eigenvalue weighted by Gasteiger charge is 2.33. The van der Waals surface area contributed by atoms with E-state index >= 15 is 0 Å². The Morgan fingerprint density at radius 2 is 2.17 bits per heavy atom. The van der Waals surface area contributed by atoms with Gasteiger partial charge in [0.15, 0.2) is 0 Å². The second-order valence-electron chi connectivity index (χ2n) is 5.75. The molecule has 1 amide bonds. The van der Waals surface area contributed by atoms with Gasteiger partial charge >= 0.3 is 0 Å². The first-order valence-corrected chi connectivity index (χ1v) is 9.03. The summed E-state index contributed by atoms with van der Waals surface area (Å²) in [6.45, 7) is 2.78. The van der Waals surface area contributed by atoms with Gasteiger partial charge in [-0.25, -0.2) is 12.8 Å². The number of benzene rings is 1. The second-order valence-corrected chi connectivity index (χ2v) is 7.68. The van der Waals surface area contributed by atoms with Gasteiger partial charge in [-0.15, -0.1) is 0 Å². The van der Waals surface area contributed by atoms with E-state index in [1.54, 1.807) is 6.92 Å². The third kappa shape index (κ3) is 4.27. The first-order chi connectivity index (χ1) is 10.8. The minimum Gasteiger partial charge on any atom is -0.355 e. The second kappa shape index (κ2) is 7.37. The van der Waals surface area contributed by atoms with Gasteiger partial charge in [0.2, 0.25) is 15.9 Å². The van der Waals surface area contributed by atoms with Crippen LogP contribution in [0.1, 0.15) is 18.4 Å². The highest BCUT2D eigenvalue weighted by Crippen LogP contribution is 2.25. The van der Waals surface area contributed by atoms with Crippen molar-refractivity contribution in [1.29, 1.82) is 0 Å². The molecule has 2 rings (SSSR count). The summed E-state index contributed by atoms with van der Waals surface area (Å²) in [6.07, 6.45) is 1.22. The lowest BCUT2D eigenvalue weighted by Gasteiger charge is -2.31. The van der Waals surface area contributed by atoms with Gasteiger partial charge in [0.05, 0.1) is 10.8 Å². The first kappa shape index (κ1) is 17.8. The molecule has 1 heterocycles. The normalized spacial score (nSPS) is 19.5. The molecule has 3 N–H and O–H groups in total. The minimum absolute atomic E-state index is 0.0713. The SMILES string of the molecule is Cc1cc(F)cc(S(=O)(=O)N2CCCC(C(=O)NCCN)C2)c1. The molecule has 1 aromatic rings. The maximum atomic E-state index is 13.5. The molecule has 0 bridgehead atoms. The number of nitrogens with one attached hydrogen (secondary N) is 1. The molecule has 0 saturated carbocycles. The summed E-state index contributed by atoms with van der Waals surface area (Å²) >= 11 is 0. The molecule has 6 nitrogen and oxygen atoms in total. The molecule has 1 fully saturated rings. The van der Waals surface area contributed by atoms with Crippen LogP contribution in [0.4, 0.5) is 4.39 Å². The average molecular weight is 343 g/mol. The summed E-state index contributed by atoms with van der Waals surface area (Å²) in [5, 5.41) is 2.69. The molecular weight excluding hydrogens is 321 g/mol. The number of rotatable bonds is 5. The van der Waals surface area contributed by atoms with E-state index in [0.29, 0.717) is 38.0 Å². The molecular formula is C15H22FN3O3S. The molecule has 1 aromatic carbocycles. The Hall–Kier alpha value is -1.51. The molecule has 1 atom stereocenters. The van der Waals surface area contributed by atoms with Crippen LogP contribution in [0.5, 0.6) is 0 Å². The smallest absolute Gasteiger partial charge is 0.243 e. The fourth-order valence-electron chi connectivity index (χ4n) is 2.72. The monoisotopic (exact) mass is 343 g/mol. The van der Waals surface area contributed by atoms with Gasteiger partial charge in [0.1, 0.15) is 5.82 Å². The van der Waals surface area contributed by atoms with Gasteiger partial charge in [0.25, 0.3) is 0 Å². The van der Waals surface area contributed by atoms with E-state index in [-0.39, 0.29) is 17.3 Å². The lowest BCUT2D eigenvalue weighted by Crippen LogP contribution is -2.46. The topological polar surface area (TPSA) is 92.5 Å². The lowest BCUT2D eigenvalue weighted by atomic mass is 9.99. The van der Waals surface area contributed by atoms with Gasteiger partial charge in [-0.3, -0.25) is 4.79 Å². The van der Waals surface area contributed by atoms with Crippen LogP contribution in [0.2, 0.25) is 0 Å². The Bertz CT molecular complexity index is 658. The van der Waals surface area contributed by atoms with Crippen molar-refractivity contribution in [2.75, 3.05) is 26.2 Å². The molecule has 23 heavy (non-hydrogen) atoms. The minimum atomic E-state index is -3.81. The molecule has 1 aliphatic heterocycles. The summed E-state index contributed by atoms with van der Waals surface area (Å²) in [5.41, 5.74) is 5.89. The highest BCUT2D eigenvalue weighted by atomic mass is 32.2. The highest BCUT2D eigenvalue weighted by molar-refractivity contribution is 7.89. The number of nitrogens with zero attached hydrogens (tertiary/aromatic N) is 1. The van der Waals surface area contributed by atoms with Crippen LogP contribution in [-0.2, 0) is 14.8 Å². The van der Waals surface area contributed by atoms with Crippen LogP contribution in [0.25, 0.3) is 0 Å². The molecule has 8 heteroatoms. The first-order valence-electron chi connectivity index (χ1n) is 7.59. The van der Waals surface area contributed by atoms with Crippen molar-refractivity contribution in [3.63, 3.8) is 0 Å². The Morgan fingerprint density at radius 1 is 1.43 bits per heavy atom. The third-order valence-electron chi connectivity index (χ3n) is 3.85. The standard InChI is InChI=1S/C15H22FN3O3S/c1-11-7-13(16)9-14(8-11)23(21,22)19-6-2-3-12(10-19)15(20)18-5-4-17/h7-9,12H,2-6,10,17H2,1H3,(H,18,20). The number of piperidine rings is 1. The Kier molecular flexibility index (Phi) is 5.72. The van der Waals surface area contributed by atoms with Crippen LogP contribution >= 0.6 is 0 Å². The number of amides is 1. The molecule has 0 spiro atoms. The van der Waals surface area contributed by atoms with Crippen LogP contribution in [0, 0.1) is 18.7 Å². The van der Waals surface area contributed by atoms with Crippen molar-refractivity contribution in [1.82, 2.24) is 9.62 Å². The van der Waals surface area contributed by atoms with Gasteiger partial charge < -0.3 is 11.1 Å². The van der Waals surface area contributed by atoms with Crippen molar-refractivity contribution in [2.45, 2.75) is 24.7 Å². The number of aryl methyl sites for hydroxylation is 1. The predicted molar refractivity (Wildman–Crippen MR) is 84.7 cm³/mol. The summed E-state index contributed by atoms with van der Waals surface area (Å²) < 4.78 is 40.1. The lowest BCUT2D eigenvalue weighted by molar-refractivity contribution is -0.126. The zero-order chi connectivity index (χ0) is 17.0. The van der Waals surface area contributed by atoms with E-state index < -0.39 is 21.8 Å². The quantitative estimate of drug-likeness (QED) is 0.819. The summed E-state index contributed by atoms with van der Waals surface area (Å²) in [6, 6.07) is 3.73. The number of halogens is 1. The summed E-state index contributed by atoms with van der Waals surface area (Å²) in [4.78, 5) is 12.0. The predicted octanol–water partition coefficient (Wildman–Crippen LogP) is 0.610. The largest absolute Gasteiger partial charge is 0.355 e. The van der Waals surface area contributed by atoms with E-state index in [1.165, 1.54) is 16.4 Å². The van der Waals surface area contributed by atoms with Crippen LogP contribution in [0.3, 0.4) is 0 Å². The van der Waals surface area contributed by atoms with Crippen molar-refractivity contribution in [3.05, 3.63) is 29.6 Å². The van der Waals surface area contributed by atoms with E-state index in [2.05, 4.69) is 5.32 Å². The Morgan fingerprint density at radius 3 is 2.83 bits per heavy atom. The van der Waals surface area contributed by atoms with Crippen molar-refractivity contribution >= 4 is 15.9 Å². The summed E-state index contributed by atoms with van der Waals surface area (Å²) in [7, 11) is -3.81. The van der Waals surface area contributed by atoms with Crippen molar-refractivity contribution in [2.24, 2.45) is 11.7 Å². The van der Waals surface area contributed by atoms with Gasteiger partial charge in [-0.2, -0.15) is 4.31 Å². The Labute approximate surface area is 135 Å². The summed E-state index contributed by atoms with van der Waals surface area (Å²) in [5.74, 6) is -1.18. The average Bonchev–Trinajstić information content (AvgIpc) is 2.51. The van der Waals surface area contributed by atoms with E-state index in [1.807, 2.05) is 0 Å². The van der Waals surface area contributed by atoms with Gasteiger partial charge in [0, 0.05) is 26.2 Å². The van der Waals surface area contributed by atoms with Gasteiger partial charge in [-0.1, -0.05) is 0 Å². The van der Waals surface area contributed by atoms with Crippen molar-refractivity contribution in [3.8, 4) is 0 Å². The number of carbonyl (C=O) groups excluding carboxylic acids is 1. The molecule has 1 aliphatic rings. The number of hydrogen-bond donors (Lipinski definition) is 2. The van der Waals surface area contributed by atoms with Crippen LogP contribution < -0.4 is 11.1 Å². The maximum absolute atomic E-state index is 13.5. The number of nitrogens with two attached hydrogens (primary N) is 1. The van der Waals surface area contributed by atoms with Crippen LogP contribution in [0.15, 0.2) is 23.1 Å². The van der Waals surface area contributed by atoms with E-state index in [9.17, 15) is 17.6 Å². The Balaban J connectivity index is 2.17. The van der Waals surface area contributed by atoms with Gasteiger partial charge in [-0.05, 0) is 43.5 Å². The number of sulfonamides is 1. The fraction of sp³-hybridized carbons (Fsp3) is 0.533. The maximum Gasteiger partial charge on any atom is 0.243 e. The molecule has 128 valence electrons. The van der Waals surface area contributed by atoms with E-state index in [0.717, 1.165) is 6.07 Å². The third-order valence-corrected chi connectivity index (χ3v) is 5.69. The molecule has 0 radical (unpaired) electrons.